The number of fused-ring (bicyclic) bond motifs is 1. The van der Waals surface area contributed by atoms with Crippen molar-refractivity contribution in [3.05, 3.63) is 71.0 Å². The Morgan fingerprint density at radius 2 is 1.78 bits per heavy atom. The second-order valence-electron chi connectivity index (χ2n) is 9.30. The summed E-state index contributed by atoms with van der Waals surface area (Å²) in [5, 5.41) is 11.9. The molecule has 2 aliphatic rings. The first kappa shape index (κ1) is 20.9. The average Bonchev–Trinajstić information content (AvgIpc) is 3.34. The van der Waals surface area contributed by atoms with Gasteiger partial charge in [-0.05, 0) is 80.3 Å². The van der Waals surface area contributed by atoms with Crippen LogP contribution in [0, 0.1) is 12.8 Å². The Bertz CT molecular complexity index is 1110. The Kier molecular flexibility index (Phi) is 5.79. The highest BCUT2D eigenvalue weighted by Gasteiger charge is 2.28. The van der Waals surface area contributed by atoms with Crippen molar-refractivity contribution in [1.29, 1.82) is 0 Å². The molecule has 0 saturated heterocycles. The number of nitrogens with zero attached hydrogens (tertiary/aromatic N) is 4. The Morgan fingerprint density at radius 1 is 1.00 bits per heavy atom. The Balaban J connectivity index is 1.28. The number of hydrogen-bond acceptors (Lipinski definition) is 4. The number of aryl methyl sites for hydroxylation is 1. The number of nitrogens with one attached hydrogen (secondary N) is 1. The third kappa shape index (κ3) is 4.32. The van der Waals surface area contributed by atoms with Crippen molar-refractivity contribution >= 4 is 11.6 Å². The van der Waals surface area contributed by atoms with Gasteiger partial charge in [0.05, 0.1) is 11.4 Å². The van der Waals surface area contributed by atoms with Crippen molar-refractivity contribution in [2.45, 2.75) is 52.0 Å². The van der Waals surface area contributed by atoms with E-state index in [9.17, 15) is 4.79 Å². The Labute approximate surface area is 189 Å². The van der Waals surface area contributed by atoms with Crippen LogP contribution in [0.4, 0.5) is 5.69 Å². The molecule has 2 aromatic carbocycles. The van der Waals surface area contributed by atoms with Crippen LogP contribution in [-0.4, -0.2) is 44.9 Å². The number of para-hydroxylation sites is 1. The number of carbonyl (C=O) groups is 1. The van der Waals surface area contributed by atoms with Crippen molar-refractivity contribution in [3.63, 3.8) is 0 Å². The van der Waals surface area contributed by atoms with E-state index in [1.165, 1.54) is 35.2 Å². The molecule has 6 heteroatoms. The second-order valence-corrected chi connectivity index (χ2v) is 9.30. The van der Waals surface area contributed by atoms with Crippen LogP contribution in [0.15, 0.2) is 48.5 Å². The van der Waals surface area contributed by atoms with Gasteiger partial charge in [-0.25, -0.2) is 0 Å². The molecule has 1 amide bonds. The molecule has 166 valence electrons. The molecule has 1 saturated carbocycles. The summed E-state index contributed by atoms with van der Waals surface area (Å²) in [6.45, 7) is 6.43. The van der Waals surface area contributed by atoms with Gasteiger partial charge < -0.3 is 5.32 Å². The molecule has 2 unspecified atom stereocenters. The lowest BCUT2D eigenvalue weighted by Gasteiger charge is -2.27. The smallest absolute Gasteiger partial charge is 0.278 e. The average molecular weight is 430 g/mol. The molecule has 1 aromatic heterocycles. The number of carbonyl (C=O) groups excluding carboxylic acids is 1. The van der Waals surface area contributed by atoms with Gasteiger partial charge in [0.2, 0.25) is 0 Å². The second kappa shape index (κ2) is 8.87. The fraction of sp³-hybridized carbons (Fsp3) is 0.423. The fourth-order valence-electron chi connectivity index (χ4n) is 5.15. The van der Waals surface area contributed by atoms with Gasteiger partial charge in [0.25, 0.3) is 5.91 Å². The maximum absolute atomic E-state index is 12.9. The fourth-order valence-corrected chi connectivity index (χ4v) is 5.15. The van der Waals surface area contributed by atoms with Crippen LogP contribution in [-0.2, 0) is 12.8 Å². The normalized spacial score (nSPS) is 21.2. The first-order valence-corrected chi connectivity index (χ1v) is 11.7. The minimum Gasteiger partial charge on any atom is -0.321 e. The van der Waals surface area contributed by atoms with E-state index < -0.39 is 0 Å². The first-order valence-electron chi connectivity index (χ1n) is 11.7. The topological polar surface area (TPSA) is 63.1 Å². The predicted octanol–water partition coefficient (Wildman–Crippen LogP) is 4.42. The Morgan fingerprint density at radius 3 is 2.53 bits per heavy atom. The van der Waals surface area contributed by atoms with Crippen LogP contribution in [0.25, 0.3) is 5.69 Å². The summed E-state index contributed by atoms with van der Waals surface area (Å²) in [4.78, 5) is 17.1. The van der Waals surface area contributed by atoms with E-state index >= 15 is 0 Å². The SMILES string of the molecule is Cc1nn(-c2ccccc2)nc1C(=O)Nc1ccc2c(c1)CCN(C1CCC(C)C1)CC2. The number of anilines is 1. The number of amides is 1. The Hall–Kier alpha value is -2.99. The van der Waals surface area contributed by atoms with Gasteiger partial charge in [-0.2, -0.15) is 9.90 Å². The summed E-state index contributed by atoms with van der Waals surface area (Å²) >= 11 is 0. The van der Waals surface area contributed by atoms with Gasteiger partial charge in [-0.3, -0.25) is 9.69 Å². The molecule has 1 aliphatic carbocycles. The minimum atomic E-state index is -0.222. The molecule has 6 nitrogen and oxygen atoms in total. The lowest BCUT2D eigenvalue weighted by Crippen LogP contribution is -2.35. The van der Waals surface area contributed by atoms with Gasteiger partial charge in [0.1, 0.15) is 0 Å². The van der Waals surface area contributed by atoms with E-state index in [1.807, 2.05) is 43.3 Å². The number of hydrogen-bond donors (Lipinski definition) is 1. The van der Waals surface area contributed by atoms with E-state index in [-0.39, 0.29) is 5.91 Å². The van der Waals surface area contributed by atoms with Crippen molar-refractivity contribution in [2.24, 2.45) is 5.92 Å². The molecular weight excluding hydrogens is 398 g/mol. The van der Waals surface area contributed by atoms with Crippen LogP contribution in [0.1, 0.15) is 53.5 Å². The van der Waals surface area contributed by atoms with E-state index in [2.05, 4.69) is 39.5 Å². The molecule has 3 aromatic rings. The van der Waals surface area contributed by atoms with Gasteiger partial charge in [0.15, 0.2) is 5.69 Å². The molecule has 0 spiro atoms. The van der Waals surface area contributed by atoms with Crippen molar-refractivity contribution in [1.82, 2.24) is 19.9 Å². The van der Waals surface area contributed by atoms with Gasteiger partial charge in [0, 0.05) is 24.8 Å². The first-order chi connectivity index (χ1) is 15.6. The number of benzene rings is 2. The summed E-state index contributed by atoms with van der Waals surface area (Å²) in [7, 11) is 0. The number of aromatic nitrogens is 3. The van der Waals surface area contributed by atoms with Gasteiger partial charge in [-0.1, -0.05) is 31.2 Å². The van der Waals surface area contributed by atoms with E-state index in [4.69, 9.17) is 0 Å². The molecule has 1 aliphatic heterocycles. The lowest BCUT2D eigenvalue weighted by atomic mass is 10.0. The predicted molar refractivity (Wildman–Crippen MR) is 126 cm³/mol. The van der Waals surface area contributed by atoms with Crippen LogP contribution in [0.2, 0.25) is 0 Å². The standard InChI is InChI=1S/C26H31N5O/c1-18-8-11-24(16-18)30-14-12-20-9-10-22(17-21(20)13-15-30)27-26(32)25-19(2)28-31(29-25)23-6-4-3-5-7-23/h3-7,9-10,17-18,24H,8,11-16H2,1-2H3,(H,27,32). The summed E-state index contributed by atoms with van der Waals surface area (Å²) in [6, 6.07) is 16.7. The minimum absolute atomic E-state index is 0.222. The third-order valence-corrected chi connectivity index (χ3v) is 6.97. The summed E-state index contributed by atoms with van der Waals surface area (Å²) in [5.41, 5.74) is 5.38. The van der Waals surface area contributed by atoms with Crippen LogP contribution in [0.5, 0.6) is 0 Å². The monoisotopic (exact) mass is 429 g/mol. The van der Waals surface area contributed by atoms with E-state index in [1.54, 1.807) is 0 Å². The van der Waals surface area contributed by atoms with Crippen LogP contribution < -0.4 is 5.32 Å². The van der Waals surface area contributed by atoms with Crippen molar-refractivity contribution < 1.29 is 4.79 Å². The molecule has 1 N–H and O–H groups in total. The molecule has 0 radical (unpaired) electrons. The number of rotatable bonds is 4. The third-order valence-electron chi connectivity index (χ3n) is 6.97. The zero-order valence-electron chi connectivity index (χ0n) is 18.9. The zero-order chi connectivity index (χ0) is 22.1. The molecule has 2 atom stereocenters. The highest BCUT2D eigenvalue weighted by Crippen LogP contribution is 2.31. The van der Waals surface area contributed by atoms with Crippen molar-refractivity contribution in [2.75, 3.05) is 18.4 Å². The zero-order valence-corrected chi connectivity index (χ0v) is 18.9. The molecular formula is C26H31N5O. The highest BCUT2D eigenvalue weighted by molar-refractivity contribution is 6.03. The van der Waals surface area contributed by atoms with Crippen molar-refractivity contribution in [3.8, 4) is 5.69 Å². The molecule has 5 rings (SSSR count). The van der Waals surface area contributed by atoms with E-state index in [0.29, 0.717) is 11.4 Å². The quantitative estimate of drug-likeness (QED) is 0.667. The van der Waals surface area contributed by atoms with Gasteiger partial charge in [-0.15, -0.1) is 5.10 Å². The lowest BCUT2D eigenvalue weighted by molar-refractivity contribution is 0.102. The summed E-state index contributed by atoms with van der Waals surface area (Å²) < 4.78 is 0. The van der Waals surface area contributed by atoms with E-state index in [0.717, 1.165) is 49.3 Å². The summed E-state index contributed by atoms with van der Waals surface area (Å²) in [6.07, 6.45) is 6.15. The van der Waals surface area contributed by atoms with Gasteiger partial charge >= 0.3 is 0 Å². The highest BCUT2D eigenvalue weighted by atomic mass is 16.2. The molecule has 0 bridgehead atoms. The largest absolute Gasteiger partial charge is 0.321 e. The maximum atomic E-state index is 12.9. The van der Waals surface area contributed by atoms with Crippen LogP contribution in [0.3, 0.4) is 0 Å². The van der Waals surface area contributed by atoms with Crippen LogP contribution >= 0.6 is 0 Å². The molecule has 2 heterocycles. The molecule has 1 fully saturated rings. The molecule has 32 heavy (non-hydrogen) atoms. The maximum Gasteiger partial charge on any atom is 0.278 e. The summed E-state index contributed by atoms with van der Waals surface area (Å²) in [5.74, 6) is 0.635.